The van der Waals surface area contributed by atoms with E-state index in [4.69, 9.17) is 0 Å². The van der Waals surface area contributed by atoms with E-state index in [0.29, 0.717) is 0 Å². The highest BCUT2D eigenvalue weighted by Crippen LogP contribution is 2.30. The van der Waals surface area contributed by atoms with E-state index < -0.39 is 0 Å². The Hall–Kier alpha value is -0.710. The molecule has 0 aliphatic heterocycles. The molecule has 2 heterocycles. The van der Waals surface area contributed by atoms with Crippen molar-refractivity contribution in [3.8, 4) is 0 Å². The average Bonchev–Trinajstić information content (AvgIpc) is 2.95. The molecule has 3 rings (SSSR count). The summed E-state index contributed by atoms with van der Waals surface area (Å²) in [4.78, 5) is 8.98. The molecule has 0 radical (unpaired) electrons. The molecule has 0 amide bonds. The summed E-state index contributed by atoms with van der Waals surface area (Å²) in [6.45, 7) is 6.09. The van der Waals surface area contributed by atoms with E-state index in [2.05, 4.69) is 30.2 Å². The van der Waals surface area contributed by atoms with Crippen LogP contribution in [0, 0.1) is 13.8 Å². The lowest BCUT2D eigenvalue weighted by atomic mass is 10.2. The number of thiazole rings is 1. The van der Waals surface area contributed by atoms with Crippen LogP contribution in [0.1, 0.15) is 37.3 Å². The molecule has 96 valence electrons. The molecule has 2 aromatic rings. The number of aromatic nitrogens is 1. The molecule has 1 aliphatic rings. The van der Waals surface area contributed by atoms with Gasteiger partial charge in [-0.05, 0) is 44.7 Å². The Bertz CT molecular complexity index is 513. The SMILES string of the molecule is Cc1nc(CNCc2cc3c(s2)CCC3)sc1C. The van der Waals surface area contributed by atoms with Gasteiger partial charge in [0, 0.05) is 27.7 Å². The zero-order chi connectivity index (χ0) is 12.5. The number of nitrogens with zero attached hydrogens (tertiary/aromatic N) is 1. The second kappa shape index (κ2) is 5.11. The molecule has 0 atom stereocenters. The van der Waals surface area contributed by atoms with Gasteiger partial charge in [0.1, 0.15) is 5.01 Å². The zero-order valence-corrected chi connectivity index (χ0v) is 12.5. The summed E-state index contributed by atoms with van der Waals surface area (Å²) in [6, 6.07) is 2.39. The van der Waals surface area contributed by atoms with Gasteiger partial charge in [0.25, 0.3) is 0 Å². The van der Waals surface area contributed by atoms with E-state index in [1.807, 2.05) is 11.3 Å². The summed E-state index contributed by atoms with van der Waals surface area (Å²) in [6.07, 6.45) is 3.94. The number of hydrogen-bond donors (Lipinski definition) is 1. The van der Waals surface area contributed by atoms with Gasteiger partial charge in [0.05, 0.1) is 5.69 Å². The standard InChI is InChI=1S/C14H18N2S2/c1-9-10(2)17-14(16-9)8-15-7-12-6-11-4-3-5-13(11)18-12/h6,15H,3-5,7-8H2,1-2H3. The van der Waals surface area contributed by atoms with Crippen molar-refractivity contribution >= 4 is 22.7 Å². The molecule has 4 heteroatoms. The minimum absolute atomic E-state index is 0.891. The lowest BCUT2D eigenvalue weighted by Crippen LogP contribution is -2.11. The molecule has 2 nitrogen and oxygen atoms in total. The third-order valence-corrected chi connectivity index (χ3v) is 5.76. The minimum Gasteiger partial charge on any atom is -0.306 e. The molecule has 0 fully saturated rings. The number of fused-ring (bicyclic) bond motifs is 1. The Morgan fingerprint density at radius 1 is 1.22 bits per heavy atom. The predicted octanol–water partition coefficient (Wildman–Crippen LogP) is 3.60. The molecule has 0 bridgehead atoms. The Kier molecular flexibility index (Phi) is 3.50. The highest BCUT2D eigenvalue weighted by Gasteiger charge is 2.14. The van der Waals surface area contributed by atoms with Gasteiger partial charge in [-0.3, -0.25) is 0 Å². The van der Waals surface area contributed by atoms with Crippen LogP contribution < -0.4 is 5.32 Å². The number of nitrogens with one attached hydrogen (secondary N) is 1. The highest BCUT2D eigenvalue weighted by atomic mass is 32.1. The Balaban J connectivity index is 1.55. The van der Waals surface area contributed by atoms with Crippen molar-refractivity contribution in [3.05, 3.63) is 37.0 Å². The molecular weight excluding hydrogens is 260 g/mol. The number of rotatable bonds is 4. The fourth-order valence-electron chi connectivity index (χ4n) is 2.39. The van der Waals surface area contributed by atoms with Gasteiger partial charge in [-0.2, -0.15) is 0 Å². The summed E-state index contributed by atoms with van der Waals surface area (Å²) in [7, 11) is 0. The summed E-state index contributed by atoms with van der Waals surface area (Å²) < 4.78 is 0. The first-order valence-corrected chi connectivity index (χ1v) is 8.10. The Morgan fingerprint density at radius 3 is 2.83 bits per heavy atom. The largest absolute Gasteiger partial charge is 0.306 e. The first-order valence-electron chi connectivity index (χ1n) is 6.46. The van der Waals surface area contributed by atoms with Crippen LogP contribution in [0.15, 0.2) is 6.07 Å². The Labute approximate surface area is 116 Å². The molecule has 0 unspecified atom stereocenters. The summed E-state index contributed by atoms with van der Waals surface area (Å²) in [5.41, 5.74) is 2.77. The lowest BCUT2D eigenvalue weighted by Gasteiger charge is -1.99. The first kappa shape index (κ1) is 12.3. The van der Waals surface area contributed by atoms with Gasteiger partial charge in [0.15, 0.2) is 0 Å². The van der Waals surface area contributed by atoms with Crippen molar-refractivity contribution in [2.75, 3.05) is 0 Å². The number of aryl methyl sites for hydroxylation is 4. The van der Waals surface area contributed by atoms with E-state index in [-0.39, 0.29) is 0 Å². The summed E-state index contributed by atoms with van der Waals surface area (Å²) in [5.74, 6) is 0. The zero-order valence-electron chi connectivity index (χ0n) is 10.9. The van der Waals surface area contributed by atoms with E-state index in [9.17, 15) is 0 Å². The van der Waals surface area contributed by atoms with Gasteiger partial charge >= 0.3 is 0 Å². The van der Waals surface area contributed by atoms with Gasteiger partial charge in [-0.25, -0.2) is 4.98 Å². The molecule has 18 heavy (non-hydrogen) atoms. The molecule has 0 aromatic carbocycles. The molecule has 0 saturated carbocycles. The van der Waals surface area contributed by atoms with E-state index in [1.165, 1.54) is 39.7 Å². The van der Waals surface area contributed by atoms with Gasteiger partial charge in [0.2, 0.25) is 0 Å². The maximum absolute atomic E-state index is 4.55. The molecule has 0 spiro atoms. The van der Waals surface area contributed by atoms with Crippen molar-refractivity contribution in [1.29, 1.82) is 0 Å². The fourth-order valence-corrected chi connectivity index (χ4v) is 4.52. The quantitative estimate of drug-likeness (QED) is 0.924. The van der Waals surface area contributed by atoms with Crippen molar-refractivity contribution in [2.24, 2.45) is 0 Å². The van der Waals surface area contributed by atoms with E-state index >= 15 is 0 Å². The van der Waals surface area contributed by atoms with Crippen molar-refractivity contribution in [2.45, 2.75) is 46.2 Å². The van der Waals surface area contributed by atoms with Crippen LogP contribution in [-0.4, -0.2) is 4.98 Å². The van der Waals surface area contributed by atoms with Crippen molar-refractivity contribution in [1.82, 2.24) is 10.3 Å². The molecular formula is C14H18N2S2. The van der Waals surface area contributed by atoms with Crippen molar-refractivity contribution < 1.29 is 0 Å². The van der Waals surface area contributed by atoms with Gasteiger partial charge < -0.3 is 5.32 Å². The molecule has 1 N–H and O–H groups in total. The monoisotopic (exact) mass is 278 g/mol. The smallest absolute Gasteiger partial charge is 0.107 e. The first-order chi connectivity index (χ1) is 8.72. The minimum atomic E-state index is 0.891. The maximum atomic E-state index is 4.55. The third kappa shape index (κ3) is 2.51. The second-order valence-corrected chi connectivity index (χ2v) is 7.38. The predicted molar refractivity (Wildman–Crippen MR) is 78.5 cm³/mol. The third-order valence-electron chi connectivity index (χ3n) is 3.45. The lowest BCUT2D eigenvalue weighted by molar-refractivity contribution is 0.695. The number of hydrogen-bond acceptors (Lipinski definition) is 4. The summed E-state index contributed by atoms with van der Waals surface area (Å²) in [5, 5.41) is 4.71. The summed E-state index contributed by atoms with van der Waals surface area (Å²) >= 11 is 3.79. The molecule has 0 saturated heterocycles. The molecule has 1 aliphatic carbocycles. The van der Waals surface area contributed by atoms with E-state index in [1.54, 1.807) is 21.8 Å². The van der Waals surface area contributed by atoms with Gasteiger partial charge in [-0.1, -0.05) is 0 Å². The number of thiophene rings is 1. The average molecular weight is 278 g/mol. The molecule has 2 aromatic heterocycles. The van der Waals surface area contributed by atoms with Crippen LogP contribution in [0.4, 0.5) is 0 Å². The van der Waals surface area contributed by atoms with E-state index in [0.717, 1.165) is 13.1 Å². The van der Waals surface area contributed by atoms with Gasteiger partial charge in [-0.15, -0.1) is 22.7 Å². The topological polar surface area (TPSA) is 24.9 Å². The highest BCUT2D eigenvalue weighted by molar-refractivity contribution is 7.12. The van der Waals surface area contributed by atoms with Crippen LogP contribution in [0.3, 0.4) is 0 Å². The Morgan fingerprint density at radius 2 is 2.11 bits per heavy atom. The maximum Gasteiger partial charge on any atom is 0.107 e. The van der Waals surface area contributed by atoms with Crippen LogP contribution in [0.2, 0.25) is 0 Å². The van der Waals surface area contributed by atoms with Crippen LogP contribution in [0.5, 0.6) is 0 Å². The fraction of sp³-hybridized carbons (Fsp3) is 0.500. The van der Waals surface area contributed by atoms with Crippen LogP contribution in [-0.2, 0) is 25.9 Å². The second-order valence-electron chi connectivity index (χ2n) is 4.87. The van der Waals surface area contributed by atoms with Crippen molar-refractivity contribution in [3.63, 3.8) is 0 Å². The van der Waals surface area contributed by atoms with Crippen LogP contribution in [0.25, 0.3) is 0 Å². The van der Waals surface area contributed by atoms with Crippen LogP contribution >= 0.6 is 22.7 Å². The normalized spacial score (nSPS) is 14.1.